The maximum atomic E-state index is 14.0. The number of imidazole rings is 1. The lowest BCUT2D eigenvalue weighted by Crippen LogP contribution is -2.44. The van der Waals surface area contributed by atoms with Gasteiger partial charge < -0.3 is 15.4 Å². The molecule has 0 aromatic carbocycles. The lowest BCUT2D eigenvalue weighted by atomic mass is 9.79. The molecule has 9 nitrogen and oxygen atoms in total. The molecule has 0 saturated heterocycles. The molecule has 14 heteroatoms. The molecule has 0 bridgehead atoms. The van der Waals surface area contributed by atoms with Gasteiger partial charge in [0.25, 0.3) is 5.91 Å². The number of aliphatic hydroxyl groups is 1. The third-order valence-corrected chi connectivity index (χ3v) is 8.61. The van der Waals surface area contributed by atoms with Gasteiger partial charge in [0.2, 0.25) is 11.8 Å². The molecule has 2 aliphatic carbocycles. The molecule has 2 aromatic heterocycles. The van der Waals surface area contributed by atoms with E-state index in [9.17, 15) is 27.5 Å². The summed E-state index contributed by atoms with van der Waals surface area (Å²) >= 11 is 4.51. The highest BCUT2D eigenvalue weighted by Gasteiger charge is 2.45. The van der Waals surface area contributed by atoms with Gasteiger partial charge in [-0.2, -0.15) is 17.7 Å². The Kier molecular flexibility index (Phi) is 8.57. The van der Waals surface area contributed by atoms with E-state index in [0.717, 1.165) is 0 Å². The van der Waals surface area contributed by atoms with Crippen LogP contribution in [0, 0.1) is 11.8 Å². The fraction of sp³-hybridized carbons (Fsp3) is 0.667. The Labute approximate surface area is 241 Å². The van der Waals surface area contributed by atoms with Gasteiger partial charge in [0.1, 0.15) is 11.9 Å². The van der Waals surface area contributed by atoms with Crippen LogP contribution in [0.2, 0.25) is 0 Å². The van der Waals surface area contributed by atoms with Gasteiger partial charge in [-0.25, -0.2) is 32.5 Å². The predicted molar refractivity (Wildman–Crippen MR) is 147 cm³/mol. The quantitative estimate of drug-likeness (QED) is 0.159. The Hall–Kier alpha value is -2.42. The molecular formula is C27H37F4N7O2S. The van der Waals surface area contributed by atoms with Gasteiger partial charge in [0.15, 0.2) is 5.65 Å². The number of aliphatic hydroxyl groups excluding tert-OH is 1. The van der Waals surface area contributed by atoms with Crippen LogP contribution in [-0.4, -0.2) is 61.3 Å². The van der Waals surface area contributed by atoms with Crippen LogP contribution in [0.4, 0.5) is 17.6 Å². The summed E-state index contributed by atoms with van der Waals surface area (Å²) in [5, 5.41) is 21.8. The lowest BCUT2D eigenvalue weighted by molar-refractivity contribution is -0.121. The van der Waals surface area contributed by atoms with Crippen LogP contribution < -0.4 is 16.1 Å². The molecule has 2 aromatic rings. The van der Waals surface area contributed by atoms with Crippen LogP contribution in [0.3, 0.4) is 0 Å². The van der Waals surface area contributed by atoms with Crippen molar-refractivity contribution < 1.29 is 27.5 Å². The Balaban J connectivity index is 1.32. The summed E-state index contributed by atoms with van der Waals surface area (Å²) in [4.78, 5) is 18.1. The Morgan fingerprint density at radius 1 is 1.22 bits per heavy atom. The first kappa shape index (κ1) is 30.1. The maximum Gasteiger partial charge on any atom is 0.269 e. The van der Waals surface area contributed by atoms with Crippen LogP contribution >= 0.6 is 12.6 Å². The zero-order chi connectivity index (χ0) is 29.5. The van der Waals surface area contributed by atoms with Gasteiger partial charge >= 0.3 is 0 Å². The summed E-state index contributed by atoms with van der Waals surface area (Å²) in [6, 6.07) is 1.16. The molecule has 41 heavy (non-hydrogen) atoms. The van der Waals surface area contributed by atoms with Crippen molar-refractivity contribution in [2.75, 3.05) is 6.54 Å². The molecule has 2 fully saturated rings. The smallest absolute Gasteiger partial charge is 0.269 e. The topological polar surface area (TPSA) is 107 Å². The van der Waals surface area contributed by atoms with Crippen molar-refractivity contribution in [2.24, 2.45) is 11.8 Å². The average molecular weight is 600 g/mol. The minimum Gasteiger partial charge on any atom is -0.379 e. The van der Waals surface area contributed by atoms with Crippen LogP contribution in [-0.2, 0) is 4.79 Å². The maximum absolute atomic E-state index is 14.0. The highest BCUT2D eigenvalue weighted by molar-refractivity contribution is 7.80. The number of fused-ring (bicyclic) bond motifs is 1. The molecule has 0 spiro atoms. The molecule has 226 valence electrons. The largest absolute Gasteiger partial charge is 0.379 e. The van der Waals surface area contributed by atoms with E-state index in [1.807, 2.05) is 13.8 Å². The Morgan fingerprint density at radius 2 is 1.93 bits per heavy atom. The van der Waals surface area contributed by atoms with Gasteiger partial charge in [-0.15, -0.1) is 0 Å². The number of nitrogens with zero attached hydrogens (tertiary/aromatic N) is 4. The average Bonchev–Trinajstić information content (AvgIpc) is 3.53. The van der Waals surface area contributed by atoms with Gasteiger partial charge in [0, 0.05) is 43.8 Å². The number of aromatic nitrogens is 3. The summed E-state index contributed by atoms with van der Waals surface area (Å²) in [7, 11) is 0. The Morgan fingerprint density at radius 3 is 2.59 bits per heavy atom. The number of carbonyl (C=O) groups excluding carboxylic acids is 1. The zero-order valence-electron chi connectivity index (χ0n) is 23.0. The molecular weight excluding hydrogens is 562 g/mol. The first-order valence-corrected chi connectivity index (χ1v) is 14.6. The number of hydrogen-bond acceptors (Lipinski definition) is 8. The highest BCUT2D eigenvalue weighted by atomic mass is 32.1. The molecule has 1 amide bonds. The second kappa shape index (κ2) is 11.7. The number of hydrogen-bond donors (Lipinski definition) is 5. The van der Waals surface area contributed by atoms with Crippen LogP contribution in [0.1, 0.15) is 81.5 Å². The van der Waals surface area contributed by atoms with Gasteiger partial charge in [-0.1, -0.05) is 0 Å². The third kappa shape index (κ3) is 6.98. The van der Waals surface area contributed by atoms with Crippen molar-refractivity contribution in [2.45, 2.75) is 94.3 Å². The summed E-state index contributed by atoms with van der Waals surface area (Å²) in [6.45, 7) is 4.43. The monoisotopic (exact) mass is 599 g/mol. The summed E-state index contributed by atoms with van der Waals surface area (Å²) in [6.07, 6.45) is 3.72. The fourth-order valence-electron chi connectivity index (χ4n) is 5.95. The minimum atomic E-state index is -2.72. The third-order valence-electron chi connectivity index (χ3n) is 8.16. The SMILES string of the molecule is CC(C)N1NCC=C1C(=O)N[C@H](c1cn2ncc(C(S)NC(O)CC3CC(F)(F)C3)cc2n1)C1CCC(F)(F)CC1. The van der Waals surface area contributed by atoms with E-state index >= 15 is 0 Å². The number of halogens is 4. The standard InChI is InChI=1S/C27H37F4N7O2S/c1-15(2)38-20(5-8-32-38)24(40)36-23(17-3-6-26(28,29)7-4-17)19-14-37-21(34-19)10-18(13-33-37)25(41)35-22(39)9-16-11-27(30,31)12-16/h5,10,13-17,22-23,25,32,35,39,41H,3-4,6-9,11-12H2,1-2H3,(H,36,40)/t22?,23-,25?/m0/s1. The number of thiol groups is 1. The molecule has 3 atom stereocenters. The van der Waals surface area contributed by atoms with Crippen molar-refractivity contribution >= 4 is 24.2 Å². The van der Waals surface area contributed by atoms with Crippen molar-refractivity contribution in [1.82, 2.24) is 35.7 Å². The van der Waals surface area contributed by atoms with E-state index in [1.165, 1.54) is 0 Å². The minimum absolute atomic E-state index is 0.0371. The number of hydrazine groups is 1. The van der Waals surface area contributed by atoms with E-state index in [-0.39, 0.29) is 68.7 Å². The van der Waals surface area contributed by atoms with E-state index in [1.54, 1.807) is 34.1 Å². The van der Waals surface area contributed by atoms with E-state index in [0.29, 0.717) is 29.1 Å². The van der Waals surface area contributed by atoms with Crippen molar-refractivity contribution in [3.05, 3.63) is 41.5 Å². The van der Waals surface area contributed by atoms with Crippen LogP contribution in [0.25, 0.3) is 5.65 Å². The number of rotatable bonds is 10. The second-order valence-electron chi connectivity index (χ2n) is 11.8. The fourth-order valence-corrected chi connectivity index (χ4v) is 6.27. The van der Waals surface area contributed by atoms with Crippen molar-refractivity contribution in [3.8, 4) is 0 Å². The summed E-state index contributed by atoms with van der Waals surface area (Å²) in [5.74, 6) is -6.16. The van der Waals surface area contributed by atoms with Gasteiger partial charge in [-0.05, 0) is 57.1 Å². The molecule has 0 radical (unpaired) electrons. The second-order valence-corrected chi connectivity index (χ2v) is 12.3. The zero-order valence-corrected chi connectivity index (χ0v) is 23.9. The summed E-state index contributed by atoms with van der Waals surface area (Å²) in [5.41, 5.74) is 5.19. The normalized spacial score (nSPS) is 23.3. The molecule has 1 aliphatic heterocycles. The predicted octanol–water partition coefficient (Wildman–Crippen LogP) is 4.10. The number of carbonyl (C=O) groups is 1. The molecule has 5 rings (SSSR count). The van der Waals surface area contributed by atoms with Gasteiger partial charge in [-0.3, -0.25) is 10.1 Å². The number of nitrogens with one attached hydrogen (secondary N) is 3. The molecule has 2 saturated carbocycles. The van der Waals surface area contributed by atoms with Crippen molar-refractivity contribution in [1.29, 1.82) is 0 Å². The molecule has 2 unspecified atom stereocenters. The number of alkyl halides is 4. The highest BCUT2D eigenvalue weighted by Crippen LogP contribution is 2.44. The molecule has 3 heterocycles. The Bertz CT molecular complexity index is 1270. The first-order valence-electron chi connectivity index (χ1n) is 14.1. The van der Waals surface area contributed by atoms with E-state index < -0.39 is 29.5 Å². The van der Waals surface area contributed by atoms with Crippen LogP contribution in [0.5, 0.6) is 0 Å². The number of amides is 1. The summed E-state index contributed by atoms with van der Waals surface area (Å²) < 4.78 is 55.8. The lowest BCUT2D eigenvalue weighted by Gasteiger charge is -2.36. The van der Waals surface area contributed by atoms with Crippen LogP contribution in [0.15, 0.2) is 30.2 Å². The van der Waals surface area contributed by atoms with Crippen molar-refractivity contribution in [3.63, 3.8) is 0 Å². The molecule has 3 aliphatic rings. The van der Waals surface area contributed by atoms with Gasteiger partial charge in [0.05, 0.1) is 29.5 Å². The molecule has 4 N–H and O–H groups in total. The van der Waals surface area contributed by atoms with E-state index in [2.05, 4.69) is 33.8 Å². The van der Waals surface area contributed by atoms with E-state index in [4.69, 9.17) is 4.98 Å². The first-order chi connectivity index (χ1) is 19.3.